The van der Waals surface area contributed by atoms with Gasteiger partial charge in [-0.3, -0.25) is 0 Å². The molecule has 1 N–H and O–H groups in total. The summed E-state index contributed by atoms with van der Waals surface area (Å²) in [4.78, 5) is 0. The summed E-state index contributed by atoms with van der Waals surface area (Å²) in [5, 5.41) is 10.6. The molecule has 2 aromatic carbocycles. The number of hydrogen-bond acceptors (Lipinski definition) is 1. The fraction of sp³-hybridized carbons (Fsp3) is 0.0769. The summed E-state index contributed by atoms with van der Waals surface area (Å²) in [7, 11) is 0. The molecule has 0 saturated heterocycles. The molecule has 0 fully saturated rings. The maximum absolute atomic E-state index is 9.54. The highest BCUT2D eigenvalue weighted by Crippen LogP contribution is 2.35. The molecule has 0 aliphatic carbocycles. The first kappa shape index (κ1) is 11.3. The molecule has 0 heterocycles. The molecule has 0 spiro atoms. The molecule has 0 aliphatic rings. The van der Waals surface area contributed by atoms with Crippen LogP contribution in [-0.4, -0.2) is 5.11 Å². The molecule has 0 aromatic heterocycles. The number of rotatable bonds is 1. The SMILES string of the molecule is Cc1cc(O)cc(-c2cccc(Cl)c2Cl)c1. The van der Waals surface area contributed by atoms with Gasteiger partial charge in [-0.1, -0.05) is 41.4 Å². The van der Waals surface area contributed by atoms with Crippen molar-refractivity contribution in [2.24, 2.45) is 0 Å². The summed E-state index contributed by atoms with van der Waals surface area (Å²) in [5.74, 6) is 0.228. The Kier molecular flexibility index (Phi) is 3.08. The Morgan fingerprint density at radius 3 is 2.50 bits per heavy atom. The van der Waals surface area contributed by atoms with E-state index in [0.29, 0.717) is 10.0 Å². The number of halogens is 2. The molecular formula is C13H10Cl2O. The van der Waals surface area contributed by atoms with Crippen LogP contribution in [0.2, 0.25) is 10.0 Å². The van der Waals surface area contributed by atoms with E-state index in [0.717, 1.165) is 16.7 Å². The molecule has 1 nitrogen and oxygen atoms in total. The summed E-state index contributed by atoms with van der Waals surface area (Å²) in [6.07, 6.45) is 0. The lowest BCUT2D eigenvalue weighted by molar-refractivity contribution is 0.475. The number of hydrogen-bond donors (Lipinski definition) is 1. The van der Waals surface area contributed by atoms with Crippen molar-refractivity contribution in [3.63, 3.8) is 0 Å². The monoisotopic (exact) mass is 252 g/mol. The van der Waals surface area contributed by atoms with Crippen LogP contribution < -0.4 is 0 Å². The first-order valence-corrected chi connectivity index (χ1v) is 5.58. The number of aromatic hydroxyl groups is 1. The van der Waals surface area contributed by atoms with Crippen LogP contribution in [-0.2, 0) is 0 Å². The largest absolute Gasteiger partial charge is 0.508 e. The molecule has 2 rings (SSSR count). The van der Waals surface area contributed by atoms with Gasteiger partial charge in [0.05, 0.1) is 10.0 Å². The van der Waals surface area contributed by atoms with Gasteiger partial charge >= 0.3 is 0 Å². The Balaban J connectivity index is 2.63. The average molecular weight is 253 g/mol. The lowest BCUT2D eigenvalue weighted by atomic mass is 10.0. The summed E-state index contributed by atoms with van der Waals surface area (Å²) in [5.41, 5.74) is 2.67. The first-order chi connectivity index (χ1) is 7.58. The lowest BCUT2D eigenvalue weighted by Gasteiger charge is -2.07. The first-order valence-electron chi connectivity index (χ1n) is 4.83. The van der Waals surface area contributed by atoms with E-state index in [1.807, 2.05) is 25.1 Å². The van der Waals surface area contributed by atoms with Crippen LogP contribution in [0.4, 0.5) is 0 Å². The van der Waals surface area contributed by atoms with Crippen molar-refractivity contribution < 1.29 is 5.11 Å². The smallest absolute Gasteiger partial charge is 0.116 e. The number of phenolic OH excluding ortho intramolecular Hbond substituents is 1. The van der Waals surface area contributed by atoms with Crippen molar-refractivity contribution >= 4 is 23.2 Å². The van der Waals surface area contributed by atoms with E-state index in [9.17, 15) is 5.11 Å². The number of aryl methyl sites for hydroxylation is 1. The molecule has 0 amide bonds. The molecule has 0 bridgehead atoms. The molecule has 2 aromatic rings. The zero-order chi connectivity index (χ0) is 11.7. The predicted octanol–water partition coefficient (Wildman–Crippen LogP) is 4.67. The normalized spacial score (nSPS) is 10.4. The number of phenols is 1. The van der Waals surface area contributed by atoms with Gasteiger partial charge in [-0.25, -0.2) is 0 Å². The Hall–Kier alpha value is -1.18. The quantitative estimate of drug-likeness (QED) is 0.782. The maximum Gasteiger partial charge on any atom is 0.116 e. The van der Waals surface area contributed by atoms with Crippen LogP contribution in [0.15, 0.2) is 36.4 Å². The Morgan fingerprint density at radius 2 is 1.81 bits per heavy atom. The highest BCUT2D eigenvalue weighted by molar-refractivity contribution is 6.43. The van der Waals surface area contributed by atoms with Gasteiger partial charge in [0.1, 0.15) is 5.75 Å². The van der Waals surface area contributed by atoms with E-state index in [1.54, 1.807) is 18.2 Å². The molecule has 0 atom stereocenters. The molecule has 3 heteroatoms. The Morgan fingerprint density at radius 1 is 1.06 bits per heavy atom. The second-order valence-electron chi connectivity index (χ2n) is 3.66. The van der Waals surface area contributed by atoms with Crippen LogP contribution in [0.3, 0.4) is 0 Å². The Labute approximate surface area is 104 Å². The Bertz CT molecular complexity index is 515. The van der Waals surface area contributed by atoms with Gasteiger partial charge in [0.25, 0.3) is 0 Å². The third kappa shape index (κ3) is 2.16. The van der Waals surface area contributed by atoms with Crippen LogP contribution in [0.5, 0.6) is 5.75 Å². The number of benzene rings is 2. The van der Waals surface area contributed by atoms with Gasteiger partial charge in [-0.05, 0) is 36.2 Å². The fourth-order valence-corrected chi connectivity index (χ4v) is 2.05. The molecule has 0 aliphatic heterocycles. The van der Waals surface area contributed by atoms with E-state index < -0.39 is 0 Å². The van der Waals surface area contributed by atoms with E-state index >= 15 is 0 Å². The minimum atomic E-state index is 0.228. The summed E-state index contributed by atoms with van der Waals surface area (Å²) >= 11 is 12.1. The van der Waals surface area contributed by atoms with Crippen molar-refractivity contribution in [1.82, 2.24) is 0 Å². The zero-order valence-corrected chi connectivity index (χ0v) is 10.2. The van der Waals surface area contributed by atoms with Crippen molar-refractivity contribution in [2.75, 3.05) is 0 Å². The van der Waals surface area contributed by atoms with E-state index in [2.05, 4.69) is 0 Å². The van der Waals surface area contributed by atoms with Crippen LogP contribution in [0.1, 0.15) is 5.56 Å². The van der Waals surface area contributed by atoms with Crippen molar-refractivity contribution in [2.45, 2.75) is 6.92 Å². The zero-order valence-electron chi connectivity index (χ0n) is 8.67. The topological polar surface area (TPSA) is 20.2 Å². The van der Waals surface area contributed by atoms with Crippen LogP contribution in [0.25, 0.3) is 11.1 Å². The average Bonchev–Trinajstić information content (AvgIpc) is 2.20. The molecular weight excluding hydrogens is 243 g/mol. The minimum absolute atomic E-state index is 0.228. The van der Waals surface area contributed by atoms with Crippen molar-refractivity contribution in [3.05, 3.63) is 52.0 Å². The molecule has 0 saturated carbocycles. The summed E-state index contributed by atoms with van der Waals surface area (Å²) < 4.78 is 0. The second-order valence-corrected chi connectivity index (χ2v) is 4.44. The lowest BCUT2D eigenvalue weighted by Crippen LogP contribution is -1.82. The molecule has 0 unspecified atom stereocenters. The molecule has 16 heavy (non-hydrogen) atoms. The van der Waals surface area contributed by atoms with Gasteiger partial charge in [0.15, 0.2) is 0 Å². The predicted molar refractivity (Wildman–Crippen MR) is 68.3 cm³/mol. The van der Waals surface area contributed by atoms with Crippen molar-refractivity contribution in [1.29, 1.82) is 0 Å². The molecule has 0 radical (unpaired) electrons. The van der Waals surface area contributed by atoms with E-state index in [-0.39, 0.29) is 5.75 Å². The fourth-order valence-electron chi connectivity index (χ4n) is 1.65. The maximum atomic E-state index is 9.54. The van der Waals surface area contributed by atoms with Gasteiger partial charge in [-0.2, -0.15) is 0 Å². The van der Waals surface area contributed by atoms with E-state index in [4.69, 9.17) is 23.2 Å². The molecule has 82 valence electrons. The standard InChI is InChI=1S/C13H10Cl2O/c1-8-5-9(7-10(16)6-8)11-3-2-4-12(14)13(11)15/h2-7,16H,1H3. The highest BCUT2D eigenvalue weighted by atomic mass is 35.5. The van der Waals surface area contributed by atoms with Gasteiger partial charge in [-0.15, -0.1) is 0 Å². The van der Waals surface area contributed by atoms with Gasteiger partial charge < -0.3 is 5.11 Å². The summed E-state index contributed by atoms with van der Waals surface area (Å²) in [6.45, 7) is 1.92. The summed E-state index contributed by atoms with van der Waals surface area (Å²) in [6, 6.07) is 10.8. The van der Waals surface area contributed by atoms with Gasteiger partial charge in [0.2, 0.25) is 0 Å². The van der Waals surface area contributed by atoms with E-state index in [1.165, 1.54) is 0 Å². The van der Waals surface area contributed by atoms with Crippen LogP contribution in [0, 0.1) is 6.92 Å². The van der Waals surface area contributed by atoms with Gasteiger partial charge in [0, 0.05) is 5.56 Å². The third-order valence-corrected chi connectivity index (χ3v) is 3.14. The van der Waals surface area contributed by atoms with Crippen molar-refractivity contribution in [3.8, 4) is 16.9 Å². The third-order valence-electron chi connectivity index (χ3n) is 2.32. The minimum Gasteiger partial charge on any atom is -0.508 e. The second kappa shape index (κ2) is 4.36. The highest BCUT2D eigenvalue weighted by Gasteiger charge is 2.07. The van der Waals surface area contributed by atoms with Crippen LogP contribution >= 0.6 is 23.2 Å².